The average Bonchev–Trinajstić information content (AvgIpc) is 2.04. The third-order valence-electron chi connectivity index (χ3n) is 3.56. The van der Waals surface area contributed by atoms with Gasteiger partial charge in [0.15, 0.2) is 0 Å². The average molecular weight is 169 g/mol. The number of hydrogen-bond acceptors (Lipinski definition) is 2. The molecule has 12 heavy (non-hydrogen) atoms. The van der Waals surface area contributed by atoms with Crippen molar-refractivity contribution in [2.75, 3.05) is 20.1 Å². The lowest BCUT2D eigenvalue weighted by Gasteiger charge is -2.42. The van der Waals surface area contributed by atoms with E-state index in [1.165, 1.54) is 32.4 Å². The fraction of sp³-hybridized carbons (Fsp3) is 1.00. The van der Waals surface area contributed by atoms with Crippen LogP contribution in [0.15, 0.2) is 0 Å². The zero-order chi connectivity index (χ0) is 8.55. The molecule has 0 amide bonds. The molecule has 0 aromatic carbocycles. The zero-order valence-electron chi connectivity index (χ0n) is 7.87. The van der Waals surface area contributed by atoms with Gasteiger partial charge in [-0.1, -0.05) is 6.42 Å². The van der Waals surface area contributed by atoms with Gasteiger partial charge in [0, 0.05) is 6.54 Å². The van der Waals surface area contributed by atoms with Crippen molar-refractivity contribution in [3.05, 3.63) is 0 Å². The Bertz CT molecular complexity index is 160. The molecule has 0 bridgehead atoms. The molecule has 1 N–H and O–H groups in total. The minimum atomic E-state index is 0.0115. The molecule has 1 saturated carbocycles. The lowest BCUT2D eigenvalue weighted by Crippen LogP contribution is -2.44. The second-order valence-corrected chi connectivity index (χ2v) is 4.47. The highest BCUT2D eigenvalue weighted by Crippen LogP contribution is 2.35. The number of fused-ring (bicyclic) bond motifs is 1. The molecule has 2 fully saturated rings. The van der Waals surface area contributed by atoms with Crippen LogP contribution < -0.4 is 0 Å². The summed E-state index contributed by atoms with van der Waals surface area (Å²) in [6, 6.07) is 0. The third kappa shape index (κ3) is 1.50. The van der Waals surface area contributed by atoms with Crippen LogP contribution in [0.1, 0.15) is 25.7 Å². The molecular formula is C10H19NO. The summed E-state index contributed by atoms with van der Waals surface area (Å²) in [5.41, 5.74) is 0. The highest BCUT2D eigenvalue weighted by Gasteiger charge is 2.35. The Labute approximate surface area is 74.6 Å². The Hall–Kier alpha value is -0.0800. The van der Waals surface area contributed by atoms with Gasteiger partial charge in [-0.05, 0) is 44.7 Å². The largest absolute Gasteiger partial charge is 0.393 e. The monoisotopic (exact) mass is 169 g/mol. The van der Waals surface area contributed by atoms with Crippen molar-refractivity contribution in [1.29, 1.82) is 0 Å². The van der Waals surface area contributed by atoms with Crippen molar-refractivity contribution in [2.45, 2.75) is 31.8 Å². The fourth-order valence-corrected chi connectivity index (χ4v) is 2.85. The van der Waals surface area contributed by atoms with Crippen LogP contribution in [0.4, 0.5) is 0 Å². The highest BCUT2D eigenvalue weighted by atomic mass is 16.3. The quantitative estimate of drug-likeness (QED) is 0.587. The van der Waals surface area contributed by atoms with E-state index in [0.717, 1.165) is 12.3 Å². The summed E-state index contributed by atoms with van der Waals surface area (Å²) in [6.45, 7) is 2.39. The van der Waals surface area contributed by atoms with Crippen LogP contribution >= 0.6 is 0 Å². The first-order valence-electron chi connectivity index (χ1n) is 5.14. The van der Waals surface area contributed by atoms with E-state index < -0.39 is 0 Å². The number of aliphatic hydroxyl groups excluding tert-OH is 1. The maximum absolute atomic E-state index is 9.77. The van der Waals surface area contributed by atoms with Gasteiger partial charge >= 0.3 is 0 Å². The zero-order valence-corrected chi connectivity index (χ0v) is 7.87. The minimum absolute atomic E-state index is 0.0115. The molecule has 1 aliphatic carbocycles. The summed E-state index contributed by atoms with van der Waals surface area (Å²) in [5.74, 6) is 1.41. The second kappa shape index (κ2) is 3.35. The molecule has 0 spiro atoms. The van der Waals surface area contributed by atoms with Crippen molar-refractivity contribution in [2.24, 2.45) is 11.8 Å². The maximum atomic E-state index is 9.77. The number of likely N-dealkylation sites (tertiary alicyclic amines) is 1. The van der Waals surface area contributed by atoms with E-state index in [-0.39, 0.29) is 6.10 Å². The van der Waals surface area contributed by atoms with Gasteiger partial charge in [-0.25, -0.2) is 0 Å². The summed E-state index contributed by atoms with van der Waals surface area (Å²) >= 11 is 0. The minimum Gasteiger partial charge on any atom is -0.393 e. The molecule has 2 aliphatic rings. The predicted octanol–water partition coefficient (Wildman–Crippen LogP) is 1.10. The molecule has 0 aromatic rings. The van der Waals surface area contributed by atoms with E-state index in [0.29, 0.717) is 5.92 Å². The first-order chi connectivity index (χ1) is 5.77. The Morgan fingerprint density at radius 2 is 2.08 bits per heavy atom. The van der Waals surface area contributed by atoms with Crippen LogP contribution in [0, 0.1) is 11.8 Å². The molecular weight excluding hydrogens is 150 g/mol. The summed E-state index contributed by atoms with van der Waals surface area (Å²) < 4.78 is 0. The van der Waals surface area contributed by atoms with Crippen molar-refractivity contribution in [1.82, 2.24) is 4.90 Å². The standard InChI is InChI=1S/C10H19NO/c1-11-6-5-9-8(7-11)3-2-4-10(9)12/h8-10,12H,2-7H2,1H3. The molecule has 3 atom stereocenters. The molecule has 2 rings (SSSR count). The van der Waals surface area contributed by atoms with Gasteiger partial charge in [0.05, 0.1) is 6.10 Å². The molecule has 1 saturated heterocycles. The number of rotatable bonds is 0. The number of nitrogens with zero attached hydrogens (tertiary/aromatic N) is 1. The van der Waals surface area contributed by atoms with Crippen molar-refractivity contribution in [3.63, 3.8) is 0 Å². The van der Waals surface area contributed by atoms with E-state index in [9.17, 15) is 5.11 Å². The van der Waals surface area contributed by atoms with E-state index in [1.54, 1.807) is 0 Å². The summed E-state index contributed by atoms with van der Waals surface area (Å²) in [4.78, 5) is 2.40. The topological polar surface area (TPSA) is 23.5 Å². The predicted molar refractivity (Wildman–Crippen MR) is 49.0 cm³/mol. The fourth-order valence-electron chi connectivity index (χ4n) is 2.85. The molecule has 0 aromatic heterocycles. The van der Waals surface area contributed by atoms with Crippen LogP contribution in [0.3, 0.4) is 0 Å². The first kappa shape index (κ1) is 8.52. The van der Waals surface area contributed by atoms with E-state index in [2.05, 4.69) is 11.9 Å². The molecule has 1 heterocycles. The Morgan fingerprint density at radius 1 is 1.25 bits per heavy atom. The molecule has 70 valence electrons. The second-order valence-electron chi connectivity index (χ2n) is 4.47. The maximum Gasteiger partial charge on any atom is 0.0572 e. The van der Waals surface area contributed by atoms with E-state index in [4.69, 9.17) is 0 Å². The Morgan fingerprint density at radius 3 is 2.92 bits per heavy atom. The lowest BCUT2D eigenvalue weighted by atomic mass is 9.73. The normalized spacial score (nSPS) is 44.0. The molecule has 2 nitrogen and oxygen atoms in total. The van der Waals surface area contributed by atoms with Gasteiger partial charge in [0.2, 0.25) is 0 Å². The summed E-state index contributed by atoms with van der Waals surface area (Å²) in [7, 11) is 2.19. The summed E-state index contributed by atoms with van der Waals surface area (Å²) in [6.07, 6.45) is 4.84. The first-order valence-corrected chi connectivity index (χ1v) is 5.14. The van der Waals surface area contributed by atoms with Gasteiger partial charge in [0.1, 0.15) is 0 Å². The van der Waals surface area contributed by atoms with E-state index in [1.807, 2.05) is 0 Å². The lowest BCUT2D eigenvalue weighted by molar-refractivity contribution is -0.00888. The van der Waals surface area contributed by atoms with Gasteiger partial charge in [0.25, 0.3) is 0 Å². The van der Waals surface area contributed by atoms with Gasteiger partial charge in [-0.2, -0.15) is 0 Å². The highest BCUT2D eigenvalue weighted by molar-refractivity contribution is 4.87. The van der Waals surface area contributed by atoms with Crippen molar-refractivity contribution < 1.29 is 5.11 Å². The van der Waals surface area contributed by atoms with E-state index >= 15 is 0 Å². The smallest absolute Gasteiger partial charge is 0.0572 e. The third-order valence-corrected chi connectivity index (χ3v) is 3.56. The van der Waals surface area contributed by atoms with Crippen LogP contribution in [0.2, 0.25) is 0 Å². The van der Waals surface area contributed by atoms with Crippen molar-refractivity contribution in [3.8, 4) is 0 Å². The molecule has 3 unspecified atom stereocenters. The Kier molecular flexibility index (Phi) is 2.37. The van der Waals surface area contributed by atoms with Gasteiger partial charge in [-0.3, -0.25) is 0 Å². The van der Waals surface area contributed by atoms with Crippen molar-refractivity contribution >= 4 is 0 Å². The number of piperidine rings is 1. The van der Waals surface area contributed by atoms with Crippen LogP contribution in [-0.2, 0) is 0 Å². The molecule has 1 aliphatic heterocycles. The van der Waals surface area contributed by atoms with Crippen LogP contribution in [0.25, 0.3) is 0 Å². The van der Waals surface area contributed by atoms with Crippen LogP contribution in [0.5, 0.6) is 0 Å². The van der Waals surface area contributed by atoms with Crippen LogP contribution in [-0.4, -0.2) is 36.2 Å². The SMILES string of the molecule is CN1CCC2C(O)CCCC2C1. The molecule has 2 heteroatoms. The molecule has 0 radical (unpaired) electrons. The van der Waals surface area contributed by atoms with Gasteiger partial charge in [-0.15, -0.1) is 0 Å². The number of aliphatic hydroxyl groups is 1. The number of hydrogen-bond donors (Lipinski definition) is 1. The summed E-state index contributed by atoms with van der Waals surface area (Å²) in [5, 5.41) is 9.77. The Balaban J connectivity index is 1.99. The van der Waals surface area contributed by atoms with Gasteiger partial charge < -0.3 is 10.0 Å².